The van der Waals surface area contributed by atoms with E-state index in [1.165, 1.54) is 18.2 Å². The van der Waals surface area contributed by atoms with Crippen LogP contribution in [-0.4, -0.2) is 32.6 Å². The molecule has 1 unspecified atom stereocenters. The van der Waals surface area contributed by atoms with Crippen LogP contribution in [0.2, 0.25) is 0 Å². The molecule has 0 radical (unpaired) electrons. The number of amides is 2. The van der Waals surface area contributed by atoms with E-state index in [0.29, 0.717) is 31.8 Å². The number of allylic oxidation sites excluding steroid dienone is 2. The molecule has 1 aliphatic heterocycles. The molecule has 0 spiro atoms. The van der Waals surface area contributed by atoms with E-state index in [1.807, 2.05) is 12.2 Å². The summed E-state index contributed by atoms with van der Waals surface area (Å²) in [4.78, 5) is 23.1. The highest BCUT2D eigenvalue weighted by molar-refractivity contribution is 7.91. The highest BCUT2D eigenvalue weighted by Gasteiger charge is 2.44. The molecule has 1 saturated heterocycles. The standard InChI is InChI=1S/C24H30FNO5S/c25-20-9-8-19(14-21(20)31-15-17-5-6-17)32(29,30)16-24(12-13-24)11-3-1-2-4-18-7-10-22(27)26-23(18)28/h3,8-9,11,14,17-18H,1-2,4-7,10,12-13,15-16H2,(H,26,27,28)/b11-3+. The van der Waals surface area contributed by atoms with Crippen molar-refractivity contribution in [3.05, 3.63) is 36.2 Å². The van der Waals surface area contributed by atoms with Crippen molar-refractivity contribution in [1.29, 1.82) is 0 Å². The molecule has 4 rings (SSSR count). The van der Waals surface area contributed by atoms with Gasteiger partial charge in [0.05, 0.1) is 17.3 Å². The fourth-order valence-corrected chi connectivity index (χ4v) is 5.96. The van der Waals surface area contributed by atoms with E-state index < -0.39 is 15.7 Å². The Balaban J connectivity index is 1.29. The average molecular weight is 464 g/mol. The number of ether oxygens (including phenoxy) is 1. The zero-order valence-electron chi connectivity index (χ0n) is 18.1. The minimum Gasteiger partial charge on any atom is -0.490 e. The van der Waals surface area contributed by atoms with E-state index in [-0.39, 0.29) is 39.5 Å². The fraction of sp³-hybridized carbons (Fsp3) is 0.583. The molecular weight excluding hydrogens is 433 g/mol. The minimum atomic E-state index is -3.57. The van der Waals surface area contributed by atoms with Gasteiger partial charge in [-0.25, -0.2) is 12.8 Å². The van der Waals surface area contributed by atoms with E-state index in [2.05, 4.69) is 5.32 Å². The van der Waals surface area contributed by atoms with Gasteiger partial charge in [-0.3, -0.25) is 14.9 Å². The van der Waals surface area contributed by atoms with Crippen molar-refractivity contribution >= 4 is 21.7 Å². The minimum absolute atomic E-state index is 0.00264. The Morgan fingerprint density at radius 2 is 1.97 bits per heavy atom. The second-order valence-corrected chi connectivity index (χ2v) is 11.4. The smallest absolute Gasteiger partial charge is 0.229 e. The van der Waals surface area contributed by atoms with Gasteiger partial charge in [0.15, 0.2) is 21.4 Å². The quantitative estimate of drug-likeness (QED) is 0.232. The number of nitrogens with one attached hydrogen (secondary N) is 1. The lowest BCUT2D eigenvalue weighted by Crippen LogP contribution is -2.40. The van der Waals surface area contributed by atoms with E-state index >= 15 is 0 Å². The largest absolute Gasteiger partial charge is 0.490 e. The first-order chi connectivity index (χ1) is 15.3. The summed E-state index contributed by atoms with van der Waals surface area (Å²) in [6, 6.07) is 3.79. The van der Waals surface area contributed by atoms with Gasteiger partial charge in [-0.05, 0) is 69.4 Å². The number of carbonyl (C=O) groups excluding carboxylic acids is 2. The summed E-state index contributed by atoms with van der Waals surface area (Å²) in [5, 5.41) is 2.37. The predicted octanol–water partition coefficient (Wildman–Crippen LogP) is 3.95. The Kier molecular flexibility index (Phi) is 6.70. The molecule has 3 fully saturated rings. The van der Waals surface area contributed by atoms with Crippen LogP contribution in [0.4, 0.5) is 4.39 Å². The number of hydrogen-bond donors (Lipinski definition) is 1. The predicted molar refractivity (Wildman–Crippen MR) is 117 cm³/mol. The molecule has 2 amide bonds. The van der Waals surface area contributed by atoms with Gasteiger partial charge in [-0.1, -0.05) is 12.2 Å². The summed E-state index contributed by atoms with van der Waals surface area (Å²) in [6.45, 7) is 0.423. The number of rotatable bonds is 11. The van der Waals surface area contributed by atoms with Crippen molar-refractivity contribution in [2.45, 2.75) is 62.7 Å². The third-order valence-electron chi connectivity index (χ3n) is 6.55. The molecule has 32 heavy (non-hydrogen) atoms. The van der Waals surface area contributed by atoms with Crippen molar-refractivity contribution < 1.29 is 27.1 Å². The first-order valence-corrected chi connectivity index (χ1v) is 13.1. The van der Waals surface area contributed by atoms with Crippen LogP contribution >= 0.6 is 0 Å². The van der Waals surface area contributed by atoms with E-state index in [4.69, 9.17) is 4.74 Å². The molecule has 1 atom stereocenters. The monoisotopic (exact) mass is 463 g/mol. The van der Waals surface area contributed by atoms with Crippen molar-refractivity contribution in [2.24, 2.45) is 17.3 Å². The number of halogens is 1. The number of piperidine rings is 1. The Hall–Kier alpha value is -2.22. The first-order valence-electron chi connectivity index (χ1n) is 11.4. The van der Waals surface area contributed by atoms with Gasteiger partial charge in [0.1, 0.15) is 0 Å². The Morgan fingerprint density at radius 3 is 2.66 bits per heavy atom. The zero-order valence-corrected chi connectivity index (χ0v) is 19.0. The second kappa shape index (κ2) is 9.33. The van der Waals surface area contributed by atoms with E-state index in [0.717, 1.165) is 38.5 Å². The zero-order chi connectivity index (χ0) is 22.8. The maximum absolute atomic E-state index is 14.0. The van der Waals surface area contributed by atoms with E-state index in [1.54, 1.807) is 0 Å². The number of carbonyl (C=O) groups is 2. The van der Waals surface area contributed by atoms with Crippen LogP contribution in [0, 0.1) is 23.1 Å². The molecule has 3 aliphatic rings. The Bertz CT molecular complexity index is 1010. The number of benzene rings is 1. The molecule has 2 saturated carbocycles. The second-order valence-electron chi connectivity index (χ2n) is 9.45. The van der Waals surface area contributed by atoms with Gasteiger partial charge in [0.25, 0.3) is 0 Å². The summed E-state index contributed by atoms with van der Waals surface area (Å²) in [6.07, 6.45) is 11.0. The fourth-order valence-electron chi connectivity index (χ4n) is 4.09. The van der Waals surface area contributed by atoms with Gasteiger partial charge in [-0.15, -0.1) is 0 Å². The van der Waals surface area contributed by atoms with Gasteiger partial charge in [-0.2, -0.15) is 0 Å². The average Bonchev–Trinajstić information content (AvgIpc) is 3.66. The van der Waals surface area contributed by atoms with Gasteiger partial charge in [0.2, 0.25) is 11.8 Å². The third-order valence-corrected chi connectivity index (χ3v) is 8.48. The molecule has 174 valence electrons. The first kappa shape index (κ1) is 23.0. The van der Waals surface area contributed by atoms with Crippen LogP contribution < -0.4 is 10.1 Å². The van der Waals surface area contributed by atoms with Crippen molar-refractivity contribution in [1.82, 2.24) is 5.32 Å². The molecule has 6 nitrogen and oxygen atoms in total. The van der Waals surface area contributed by atoms with Gasteiger partial charge < -0.3 is 4.74 Å². The molecule has 1 N–H and O–H groups in total. The molecule has 1 aromatic rings. The van der Waals surface area contributed by atoms with Crippen LogP contribution in [0.3, 0.4) is 0 Å². The molecule has 2 aliphatic carbocycles. The SMILES string of the molecule is O=C1CCC(CCC/C=C/C2(CS(=O)(=O)c3ccc(F)c(OCC4CC4)c3)CC2)C(=O)N1. The van der Waals surface area contributed by atoms with Crippen LogP contribution in [0.5, 0.6) is 5.75 Å². The molecule has 1 heterocycles. The summed E-state index contributed by atoms with van der Waals surface area (Å²) < 4.78 is 45.5. The van der Waals surface area contributed by atoms with Crippen molar-refractivity contribution in [2.75, 3.05) is 12.4 Å². The Labute approximate surface area is 188 Å². The van der Waals surface area contributed by atoms with Gasteiger partial charge in [0, 0.05) is 23.8 Å². The maximum atomic E-state index is 14.0. The van der Waals surface area contributed by atoms with E-state index in [9.17, 15) is 22.4 Å². The van der Waals surface area contributed by atoms with Crippen LogP contribution in [-0.2, 0) is 19.4 Å². The number of hydrogen-bond acceptors (Lipinski definition) is 5. The molecular formula is C24H30FNO5S. The molecule has 0 bridgehead atoms. The van der Waals surface area contributed by atoms with Gasteiger partial charge >= 0.3 is 0 Å². The number of sulfone groups is 1. The molecule has 1 aromatic carbocycles. The summed E-state index contributed by atoms with van der Waals surface area (Å²) >= 11 is 0. The highest BCUT2D eigenvalue weighted by atomic mass is 32.2. The summed E-state index contributed by atoms with van der Waals surface area (Å²) in [7, 11) is -3.57. The molecule has 0 aromatic heterocycles. The van der Waals surface area contributed by atoms with Crippen LogP contribution in [0.15, 0.2) is 35.2 Å². The maximum Gasteiger partial charge on any atom is 0.229 e. The third kappa shape index (κ3) is 5.97. The van der Waals surface area contributed by atoms with Crippen molar-refractivity contribution in [3.63, 3.8) is 0 Å². The highest BCUT2D eigenvalue weighted by Crippen LogP contribution is 2.49. The van der Waals surface area contributed by atoms with Crippen LogP contribution in [0.25, 0.3) is 0 Å². The lowest BCUT2D eigenvalue weighted by Gasteiger charge is -2.20. The number of unbranched alkanes of at least 4 members (excludes halogenated alkanes) is 1. The molecule has 8 heteroatoms. The van der Waals surface area contributed by atoms with Crippen LogP contribution in [0.1, 0.15) is 57.8 Å². The lowest BCUT2D eigenvalue weighted by atomic mass is 9.92. The summed E-state index contributed by atoms with van der Waals surface area (Å²) in [5.74, 6) is -0.596. The lowest BCUT2D eigenvalue weighted by molar-refractivity contribution is -0.136. The Morgan fingerprint density at radius 1 is 1.19 bits per heavy atom. The number of imide groups is 1. The summed E-state index contributed by atoms with van der Waals surface area (Å²) in [5.41, 5.74) is -0.364. The van der Waals surface area contributed by atoms with Crippen molar-refractivity contribution in [3.8, 4) is 5.75 Å². The normalized spacial score (nSPS) is 22.7. The topological polar surface area (TPSA) is 89.5 Å².